The molecule has 0 aromatic carbocycles. The summed E-state index contributed by atoms with van der Waals surface area (Å²) in [6.07, 6.45) is 5.90. The van der Waals surface area contributed by atoms with Gasteiger partial charge in [-0.2, -0.15) is 5.10 Å². The summed E-state index contributed by atoms with van der Waals surface area (Å²) in [4.78, 5) is 25.1. The molecule has 6 nitrogen and oxygen atoms in total. The molecule has 1 aromatic rings. The Morgan fingerprint density at radius 3 is 2.65 bits per heavy atom. The minimum atomic E-state index is -0.838. The van der Waals surface area contributed by atoms with E-state index in [4.69, 9.17) is 0 Å². The number of rotatable bonds is 6. The maximum Gasteiger partial charge on any atom is 0.272 e. The molecular weight excluding hydrogens is 292 g/mol. The van der Waals surface area contributed by atoms with Gasteiger partial charge < -0.3 is 10.6 Å². The van der Waals surface area contributed by atoms with Crippen LogP contribution in [-0.2, 0) is 4.79 Å². The minimum absolute atomic E-state index is 0.134. The second-order valence-electron chi connectivity index (χ2n) is 6.46. The minimum Gasteiger partial charge on any atom is -0.351 e. The van der Waals surface area contributed by atoms with Gasteiger partial charge in [0.2, 0.25) is 5.91 Å². The van der Waals surface area contributed by atoms with Crippen molar-refractivity contribution in [1.29, 1.82) is 0 Å². The zero-order valence-electron chi connectivity index (χ0n) is 13.9. The third kappa shape index (κ3) is 4.00. The Bertz CT molecular complexity index is 571. The van der Waals surface area contributed by atoms with Gasteiger partial charge in [-0.3, -0.25) is 14.7 Å². The molecule has 0 radical (unpaired) electrons. The van der Waals surface area contributed by atoms with Gasteiger partial charge >= 0.3 is 0 Å². The summed E-state index contributed by atoms with van der Waals surface area (Å²) < 4.78 is 0. The van der Waals surface area contributed by atoms with Gasteiger partial charge in [-0.15, -0.1) is 6.58 Å². The lowest BCUT2D eigenvalue weighted by Gasteiger charge is -2.36. The van der Waals surface area contributed by atoms with E-state index in [0.29, 0.717) is 25.1 Å². The summed E-state index contributed by atoms with van der Waals surface area (Å²) in [7, 11) is 0. The average Bonchev–Trinajstić information content (AvgIpc) is 3.03. The van der Waals surface area contributed by atoms with Crippen LogP contribution in [0, 0.1) is 0 Å². The predicted octanol–water partition coefficient (Wildman–Crippen LogP) is 2.27. The highest BCUT2D eigenvalue weighted by molar-refractivity contribution is 5.98. The van der Waals surface area contributed by atoms with Crippen molar-refractivity contribution < 1.29 is 9.59 Å². The first-order valence-corrected chi connectivity index (χ1v) is 8.25. The molecule has 1 aliphatic rings. The van der Waals surface area contributed by atoms with E-state index in [9.17, 15) is 9.59 Å². The fourth-order valence-corrected chi connectivity index (χ4v) is 2.93. The van der Waals surface area contributed by atoms with Gasteiger partial charge in [0.05, 0.1) is 0 Å². The van der Waals surface area contributed by atoms with Crippen molar-refractivity contribution in [3.63, 3.8) is 0 Å². The summed E-state index contributed by atoms with van der Waals surface area (Å²) in [5.74, 6) is -0.169. The number of carbonyl (C=O) groups is 2. The monoisotopic (exact) mass is 318 g/mol. The zero-order chi connectivity index (χ0) is 16.9. The summed E-state index contributed by atoms with van der Waals surface area (Å²) in [5, 5.41) is 12.7. The van der Waals surface area contributed by atoms with E-state index in [2.05, 4.69) is 27.4 Å². The Morgan fingerprint density at radius 2 is 2.09 bits per heavy atom. The highest BCUT2D eigenvalue weighted by Crippen LogP contribution is 2.29. The number of hydrogen-bond donors (Lipinski definition) is 3. The summed E-state index contributed by atoms with van der Waals surface area (Å²) in [6.45, 7) is 8.07. The van der Waals surface area contributed by atoms with Gasteiger partial charge in [0.1, 0.15) is 11.2 Å². The van der Waals surface area contributed by atoms with Crippen LogP contribution in [0.25, 0.3) is 0 Å². The first-order chi connectivity index (χ1) is 11.0. The number of nitrogens with zero attached hydrogens (tertiary/aromatic N) is 1. The van der Waals surface area contributed by atoms with Crippen LogP contribution in [-0.4, -0.2) is 34.1 Å². The lowest BCUT2D eigenvalue weighted by molar-refractivity contribution is -0.128. The predicted molar refractivity (Wildman–Crippen MR) is 89.2 cm³/mol. The Kier molecular flexibility index (Phi) is 5.58. The van der Waals surface area contributed by atoms with Crippen LogP contribution in [0.3, 0.4) is 0 Å². The van der Waals surface area contributed by atoms with Gasteiger partial charge in [-0.05, 0) is 24.8 Å². The molecule has 1 aromatic heterocycles. The molecule has 126 valence electrons. The SMILES string of the molecule is C=CCNC(=O)C1(NC(=O)c2cc(C(C)C)[nH]n2)CCCCC1. The van der Waals surface area contributed by atoms with Gasteiger partial charge in [0.25, 0.3) is 5.91 Å². The van der Waals surface area contributed by atoms with Gasteiger partial charge in [-0.1, -0.05) is 39.2 Å². The molecule has 3 N–H and O–H groups in total. The van der Waals surface area contributed by atoms with Gasteiger partial charge in [-0.25, -0.2) is 0 Å². The quantitative estimate of drug-likeness (QED) is 0.703. The first-order valence-electron chi connectivity index (χ1n) is 8.25. The number of H-pyrrole nitrogens is 1. The molecular formula is C17H26N4O2. The Labute approximate surface area is 137 Å². The Hall–Kier alpha value is -2.11. The van der Waals surface area contributed by atoms with Crippen molar-refractivity contribution in [2.75, 3.05) is 6.54 Å². The van der Waals surface area contributed by atoms with E-state index in [-0.39, 0.29) is 17.7 Å². The number of aromatic nitrogens is 2. The number of carbonyl (C=O) groups excluding carboxylic acids is 2. The van der Waals surface area contributed by atoms with Crippen LogP contribution < -0.4 is 10.6 Å². The van der Waals surface area contributed by atoms with Crippen molar-refractivity contribution in [2.45, 2.75) is 57.4 Å². The van der Waals surface area contributed by atoms with E-state index in [1.54, 1.807) is 12.1 Å². The molecule has 2 rings (SSSR count). The topological polar surface area (TPSA) is 86.9 Å². The highest BCUT2D eigenvalue weighted by Gasteiger charge is 2.41. The number of aromatic amines is 1. The molecule has 0 saturated heterocycles. The third-order valence-electron chi connectivity index (χ3n) is 4.35. The molecule has 6 heteroatoms. The van der Waals surface area contributed by atoms with E-state index in [1.165, 1.54) is 0 Å². The lowest BCUT2D eigenvalue weighted by atomic mass is 9.80. The molecule has 1 heterocycles. The third-order valence-corrected chi connectivity index (χ3v) is 4.35. The molecule has 1 fully saturated rings. The lowest BCUT2D eigenvalue weighted by Crippen LogP contribution is -2.59. The molecule has 1 saturated carbocycles. The highest BCUT2D eigenvalue weighted by atomic mass is 16.2. The molecule has 0 bridgehead atoms. The van der Waals surface area contributed by atoms with E-state index in [1.807, 2.05) is 13.8 Å². The molecule has 0 atom stereocenters. The maximum atomic E-state index is 12.6. The van der Waals surface area contributed by atoms with E-state index in [0.717, 1.165) is 25.0 Å². The Balaban J connectivity index is 2.14. The molecule has 1 aliphatic carbocycles. The van der Waals surface area contributed by atoms with Crippen molar-refractivity contribution in [3.8, 4) is 0 Å². The number of hydrogen-bond acceptors (Lipinski definition) is 3. The van der Waals surface area contributed by atoms with Crippen LogP contribution in [0.2, 0.25) is 0 Å². The average molecular weight is 318 g/mol. The van der Waals surface area contributed by atoms with Crippen molar-refractivity contribution in [1.82, 2.24) is 20.8 Å². The number of nitrogens with one attached hydrogen (secondary N) is 3. The van der Waals surface area contributed by atoms with Gasteiger partial charge in [0.15, 0.2) is 0 Å². The zero-order valence-corrected chi connectivity index (χ0v) is 13.9. The van der Waals surface area contributed by atoms with Crippen molar-refractivity contribution in [3.05, 3.63) is 30.1 Å². The molecule has 23 heavy (non-hydrogen) atoms. The number of amides is 2. The van der Waals surface area contributed by atoms with E-state index < -0.39 is 5.54 Å². The summed E-state index contributed by atoms with van der Waals surface area (Å²) >= 11 is 0. The maximum absolute atomic E-state index is 12.6. The molecule has 0 aliphatic heterocycles. The van der Waals surface area contributed by atoms with Crippen molar-refractivity contribution in [2.24, 2.45) is 0 Å². The smallest absolute Gasteiger partial charge is 0.272 e. The fourth-order valence-electron chi connectivity index (χ4n) is 2.93. The van der Waals surface area contributed by atoms with Crippen LogP contribution in [0.5, 0.6) is 0 Å². The van der Waals surface area contributed by atoms with Gasteiger partial charge in [0, 0.05) is 12.2 Å². The summed E-state index contributed by atoms with van der Waals surface area (Å²) in [5.41, 5.74) is 0.397. The molecule has 0 unspecified atom stereocenters. The first kappa shape index (κ1) is 17.2. The second kappa shape index (κ2) is 7.44. The van der Waals surface area contributed by atoms with E-state index >= 15 is 0 Å². The van der Waals surface area contributed by atoms with Crippen molar-refractivity contribution >= 4 is 11.8 Å². The van der Waals surface area contributed by atoms with Crippen LogP contribution >= 0.6 is 0 Å². The normalized spacial score (nSPS) is 16.8. The summed E-state index contributed by atoms with van der Waals surface area (Å²) in [6, 6.07) is 1.75. The molecule has 2 amide bonds. The fraction of sp³-hybridized carbons (Fsp3) is 0.588. The molecule has 0 spiro atoms. The van der Waals surface area contributed by atoms with Crippen LogP contribution in [0.4, 0.5) is 0 Å². The second-order valence-corrected chi connectivity index (χ2v) is 6.46. The largest absolute Gasteiger partial charge is 0.351 e. The van der Waals surface area contributed by atoms with Crippen LogP contribution in [0.1, 0.15) is 68.1 Å². The standard InChI is InChI=1S/C17H26N4O2/c1-4-10-18-16(23)17(8-6-5-7-9-17)19-15(22)14-11-13(12(2)3)20-21-14/h4,11-12H,1,5-10H2,2-3H3,(H,18,23)(H,19,22)(H,20,21). The Morgan fingerprint density at radius 1 is 1.39 bits per heavy atom. The van der Waals surface area contributed by atoms with Crippen LogP contribution in [0.15, 0.2) is 18.7 Å².